The van der Waals surface area contributed by atoms with Crippen LogP contribution in [0.15, 0.2) is 0 Å². The molecule has 0 aliphatic carbocycles. The molecule has 46 heavy (non-hydrogen) atoms. The van der Waals surface area contributed by atoms with Crippen LogP contribution >= 0.6 is 0 Å². The van der Waals surface area contributed by atoms with Crippen LogP contribution in [0.4, 0.5) is 0 Å². The second-order valence-corrected chi connectivity index (χ2v) is 9.49. The van der Waals surface area contributed by atoms with Crippen molar-refractivity contribution < 1.29 is 76.3 Å². The summed E-state index contributed by atoms with van der Waals surface area (Å²) in [5.74, 6) is -3.50. The van der Waals surface area contributed by atoms with Crippen molar-refractivity contribution in [1.82, 2.24) is 10.1 Å². The summed E-state index contributed by atoms with van der Waals surface area (Å²) >= 11 is 0. The van der Waals surface area contributed by atoms with Crippen molar-refractivity contribution >= 4 is 35.6 Å². The molecule has 2 aliphatic rings. The number of ether oxygens (including phenoxy) is 8. The van der Waals surface area contributed by atoms with Gasteiger partial charge in [0.15, 0.2) is 0 Å². The van der Waals surface area contributed by atoms with E-state index in [0.717, 1.165) is 0 Å². The zero-order valence-corrected chi connectivity index (χ0v) is 26.0. The summed E-state index contributed by atoms with van der Waals surface area (Å²) in [6, 6.07) is 0. The third kappa shape index (κ3) is 18.1. The van der Waals surface area contributed by atoms with Gasteiger partial charge in [-0.1, -0.05) is 0 Å². The Morgan fingerprint density at radius 3 is 0.783 bits per heavy atom. The number of rotatable bonds is 29. The summed E-state index contributed by atoms with van der Waals surface area (Å²) in [4.78, 5) is 78.2. The number of hydrogen-bond donors (Lipinski definition) is 0. The summed E-state index contributed by atoms with van der Waals surface area (Å²) in [6.45, 7) is 5.37. The highest BCUT2D eigenvalue weighted by Crippen LogP contribution is 2.13. The van der Waals surface area contributed by atoms with Crippen LogP contribution < -0.4 is 0 Å². The minimum Gasteiger partial charge on any atom is -0.378 e. The third-order valence-corrected chi connectivity index (χ3v) is 5.90. The maximum Gasteiger partial charge on any atom is 0.335 e. The van der Waals surface area contributed by atoms with Crippen molar-refractivity contribution in [3.63, 3.8) is 0 Å². The number of hydroxylamine groups is 4. The molecule has 2 saturated heterocycles. The summed E-state index contributed by atoms with van der Waals surface area (Å²) in [6.07, 6.45) is 0.0252. The molecule has 0 aromatic heterocycles. The van der Waals surface area contributed by atoms with Crippen molar-refractivity contribution in [2.75, 3.05) is 106 Å². The topological polar surface area (TPSA) is 201 Å². The lowest BCUT2D eigenvalue weighted by Gasteiger charge is -2.12. The van der Waals surface area contributed by atoms with E-state index in [-0.39, 0.29) is 65.0 Å². The Morgan fingerprint density at radius 2 is 0.565 bits per heavy atom. The van der Waals surface area contributed by atoms with Crippen molar-refractivity contribution in [3.8, 4) is 0 Å². The van der Waals surface area contributed by atoms with Crippen LogP contribution in [0.5, 0.6) is 0 Å². The first-order chi connectivity index (χ1) is 22.4. The number of carbonyl (C=O) groups excluding carboxylic acids is 6. The molecule has 2 rings (SSSR count). The molecule has 2 heterocycles. The highest BCUT2D eigenvalue weighted by atomic mass is 16.7. The van der Waals surface area contributed by atoms with Crippen LogP contribution in [0, 0.1) is 0 Å². The van der Waals surface area contributed by atoms with Gasteiger partial charge in [-0.2, -0.15) is 0 Å². The van der Waals surface area contributed by atoms with Gasteiger partial charge in [-0.05, 0) is 0 Å². The van der Waals surface area contributed by atoms with Gasteiger partial charge in [0.25, 0.3) is 23.6 Å². The molecular formula is C28H44N2O16. The van der Waals surface area contributed by atoms with E-state index in [9.17, 15) is 28.8 Å². The molecule has 4 amide bonds. The van der Waals surface area contributed by atoms with Crippen LogP contribution in [-0.2, 0) is 76.3 Å². The highest BCUT2D eigenvalue weighted by molar-refractivity contribution is 6.02. The zero-order chi connectivity index (χ0) is 33.2. The van der Waals surface area contributed by atoms with Gasteiger partial charge in [0, 0.05) is 25.7 Å². The normalized spacial score (nSPS) is 15.0. The molecule has 18 nitrogen and oxygen atoms in total. The second kappa shape index (κ2) is 25.0. The van der Waals surface area contributed by atoms with E-state index in [2.05, 4.69) is 0 Å². The van der Waals surface area contributed by atoms with Gasteiger partial charge in [-0.25, -0.2) is 9.59 Å². The highest BCUT2D eigenvalue weighted by Gasteiger charge is 2.33. The molecule has 0 bridgehead atoms. The molecule has 2 aliphatic heterocycles. The Kier molecular flexibility index (Phi) is 21.3. The average molecular weight is 665 g/mol. The minimum atomic E-state index is -0.711. The van der Waals surface area contributed by atoms with E-state index in [1.807, 2.05) is 0 Å². The SMILES string of the molecule is O=C(CCOCCOCCOCCOCCOCCOCCOCCOCCC(=O)ON1C(=O)CCC1=O)ON1C(=O)CCC1=O. The Hall–Kier alpha value is -3.10. The fourth-order valence-electron chi connectivity index (χ4n) is 3.56. The lowest BCUT2D eigenvalue weighted by atomic mass is 10.4. The molecule has 0 aromatic rings. The van der Waals surface area contributed by atoms with E-state index in [1.165, 1.54) is 0 Å². The number of nitrogens with zero attached hydrogens (tertiary/aromatic N) is 2. The first kappa shape index (κ1) is 39.1. The van der Waals surface area contributed by atoms with Gasteiger partial charge in [0.05, 0.1) is 119 Å². The van der Waals surface area contributed by atoms with E-state index >= 15 is 0 Å². The van der Waals surface area contributed by atoms with Crippen molar-refractivity contribution in [1.29, 1.82) is 0 Å². The number of imide groups is 2. The van der Waals surface area contributed by atoms with Crippen LogP contribution in [0.3, 0.4) is 0 Å². The standard InChI is InChI=1S/C28H44N2O16/c31-23-1-2-24(32)29(23)45-27(35)5-7-37-9-11-39-13-15-41-17-19-43-21-22-44-20-18-42-16-14-40-12-10-38-8-6-28(36)46-30-25(33)3-4-26(30)34/h1-22H2. The predicted molar refractivity (Wildman–Crippen MR) is 150 cm³/mol. The van der Waals surface area contributed by atoms with Crippen LogP contribution in [0.1, 0.15) is 38.5 Å². The molecule has 18 heteroatoms. The first-order valence-corrected chi connectivity index (χ1v) is 15.1. The average Bonchev–Trinajstić information content (AvgIpc) is 3.53. The maximum atomic E-state index is 11.6. The lowest BCUT2D eigenvalue weighted by molar-refractivity contribution is -0.198. The Labute approximate surface area is 266 Å². The van der Waals surface area contributed by atoms with E-state index in [0.29, 0.717) is 89.4 Å². The van der Waals surface area contributed by atoms with Crippen molar-refractivity contribution in [2.24, 2.45) is 0 Å². The molecule has 0 saturated carbocycles. The van der Waals surface area contributed by atoms with E-state index in [1.54, 1.807) is 0 Å². The summed E-state index contributed by atoms with van der Waals surface area (Å²) in [5, 5.41) is 1.02. The van der Waals surface area contributed by atoms with Crippen LogP contribution in [0.2, 0.25) is 0 Å². The third-order valence-electron chi connectivity index (χ3n) is 5.90. The van der Waals surface area contributed by atoms with Gasteiger partial charge < -0.3 is 47.6 Å². The smallest absolute Gasteiger partial charge is 0.335 e. The van der Waals surface area contributed by atoms with Gasteiger partial charge in [-0.15, -0.1) is 10.1 Å². The number of carbonyl (C=O) groups is 6. The van der Waals surface area contributed by atoms with Gasteiger partial charge >= 0.3 is 11.9 Å². The molecule has 0 unspecified atom stereocenters. The minimum absolute atomic E-state index is 0.0497. The monoisotopic (exact) mass is 664 g/mol. The molecule has 0 spiro atoms. The van der Waals surface area contributed by atoms with Gasteiger partial charge in [-0.3, -0.25) is 19.2 Å². The molecule has 0 aromatic carbocycles. The number of hydrogen-bond acceptors (Lipinski definition) is 16. The van der Waals surface area contributed by atoms with E-state index in [4.69, 9.17) is 47.6 Å². The summed E-state index contributed by atoms with van der Waals surface area (Å²) in [5.41, 5.74) is 0. The Morgan fingerprint density at radius 1 is 0.370 bits per heavy atom. The van der Waals surface area contributed by atoms with Crippen molar-refractivity contribution in [3.05, 3.63) is 0 Å². The summed E-state index contributed by atoms with van der Waals surface area (Å²) in [7, 11) is 0. The van der Waals surface area contributed by atoms with Crippen LogP contribution in [0.25, 0.3) is 0 Å². The predicted octanol–water partition coefficient (Wildman–Crippen LogP) is -0.886. The van der Waals surface area contributed by atoms with Gasteiger partial charge in [0.2, 0.25) is 0 Å². The maximum absolute atomic E-state index is 11.6. The molecule has 2 fully saturated rings. The first-order valence-electron chi connectivity index (χ1n) is 15.1. The lowest BCUT2D eigenvalue weighted by Crippen LogP contribution is -2.32. The molecular weight excluding hydrogens is 620 g/mol. The van der Waals surface area contributed by atoms with Crippen molar-refractivity contribution in [2.45, 2.75) is 38.5 Å². The van der Waals surface area contributed by atoms with E-state index < -0.39 is 35.6 Å². The van der Waals surface area contributed by atoms with Crippen LogP contribution in [-0.4, -0.2) is 151 Å². The zero-order valence-electron chi connectivity index (χ0n) is 26.0. The fraction of sp³-hybridized carbons (Fsp3) is 0.786. The molecule has 262 valence electrons. The van der Waals surface area contributed by atoms with Gasteiger partial charge in [0.1, 0.15) is 0 Å². The second-order valence-electron chi connectivity index (χ2n) is 9.49. The number of amides is 4. The Bertz CT molecular complexity index is 842. The fourth-order valence-corrected chi connectivity index (χ4v) is 3.56. The quantitative estimate of drug-likeness (QED) is 0.0704. The Balaban J connectivity index is 1.20. The molecule has 0 radical (unpaired) electrons. The summed E-state index contributed by atoms with van der Waals surface area (Å²) < 4.78 is 42.9. The molecule has 0 N–H and O–H groups in total. The molecule has 0 atom stereocenters. The largest absolute Gasteiger partial charge is 0.378 e.